The van der Waals surface area contributed by atoms with Crippen LogP contribution in [0.3, 0.4) is 0 Å². The van der Waals surface area contributed by atoms with Gasteiger partial charge in [-0.2, -0.15) is 4.98 Å². The van der Waals surface area contributed by atoms with E-state index in [4.69, 9.17) is 10.5 Å². The SMILES string of the molecule is CCCC(C)Nc1ccc(N)c(OCC)n1. The Bertz CT molecular complexity index is 328. The molecule has 1 aromatic heterocycles. The van der Waals surface area contributed by atoms with Gasteiger partial charge in [0.05, 0.1) is 12.3 Å². The molecule has 1 unspecified atom stereocenters. The van der Waals surface area contributed by atoms with E-state index in [1.807, 2.05) is 19.1 Å². The van der Waals surface area contributed by atoms with Crippen molar-refractivity contribution in [3.05, 3.63) is 12.1 Å². The summed E-state index contributed by atoms with van der Waals surface area (Å²) in [6.07, 6.45) is 2.28. The van der Waals surface area contributed by atoms with Crippen LogP contribution in [0.25, 0.3) is 0 Å². The Morgan fingerprint density at radius 3 is 2.81 bits per heavy atom. The second-order valence-corrected chi connectivity index (χ2v) is 3.86. The molecular weight excluding hydrogens is 202 g/mol. The number of nitrogen functional groups attached to an aromatic ring is 1. The number of nitrogens with one attached hydrogen (secondary N) is 1. The van der Waals surface area contributed by atoms with E-state index in [9.17, 15) is 0 Å². The fourth-order valence-corrected chi connectivity index (χ4v) is 1.54. The Hall–Kier alpha value is -1.45. The number of aromatic nitrogens is 1. The smallest absolute Gasteiger partial charge is 0.239 e. The van der Waals surface area contributed by atoms with Crippen LogP contribution in [0.1, 0.15) is 33.6 Å². The molecule has 0 fully saturated rings. The van der Waals surface area contributed by atoms with Crippen molar-refractivity contribution in [2.75, 3.05) is 17.7 Å². The number of pyridine rings is 1. The highest BCUT2D eigenvalue weighted by Gasteiger charge is 2.06. The molecule has 16 heavy (non-hydrogen) atoms. The molecule has 1 atom stereocenters. The van der Waals surface area contributed by atoms with Crippen molar-refractivity contribution in [2.24, 2.45) is 0 Å². The van der Waals surface area contributed by atoms with Gasteiger partial charge in [-0.1, -0.05) is 13.3 Å². The lowest BCUT2D eigenvalue weighted by Gasteiger charge is -2.14. The highest BCUT2D eigenvalue weighted by molar-refractivity contribution is 5.53. The van der Waals surface area contributed by atoms with E-state index in [1.165, 1.54) is 0 Å². The van der Waals surface area contributed by atoms with Gasteiger partial charge < -0.3 is 15.8 Å². The summed E-state index contributed by atoms with van der Waals surface area (Å²) in [4.78, 5) is 4.33. The summed E-state index contributed by atoms with van der Waals surface area (Å²) in [5.41, 5.74) is 6.33. The number of hydrogen-bond acceptors (Lipinski definition) is 4. The van der Waals surface area contributed by atoms with Crippen molar-refractivity contribution in [3.63, 3.8) is 0 Å². The van der Waals surface area contributed by atoms with E-state index in [1.54, 1.807) is 0 Å². The minimum Gasteiger partial charge on any atom is -0.476 e. The summed E-state index contributed by atoms with van der Waals surface area (Å²) in [6, 6.07) is 4.11. The number of ether oxygens (including phenoxy) is 1. The summed E-state index contributed by atoms with van der Waals surface area (Å²) in [5, 5.41) is 3.32. The molecule has 0 radical (unpaired) electrons. The first-order valence-electron chi connectivity index (χ1n) is 5.83. The lowest BCUT2D eigenvalue weighted by molar-refractivity contribution is 0.329. The number of nitrogens with two attached hydrogens (primary N) is 1. The first kappa shape index (κ1) is 12.6. The summed E-state index contributed by atoms with van der Waals surface area (Å²) >= 11 is 0. The van der Waals surface area contributed by atoms with Gasteiger partial charge in [0.15, 0.2) is 0 Å². The number of anilines is 2. The first-order valence-corrected chi connectivity index (χ1v) is 5.83. The van der Waals surface area contributed by atoms with E-state index in [0.29, 0.717) is 24.2 Å². The maximum Gasteiger partial charge on any atom is 0.239 e. The Balaban J connectivity index is 2.70. The molecule has 90 valence electrons. The van der Waals surface area contributed by atoms with Gasteiger partial charge in [-0.05, 0) is 32.4 Å². The van der Waals surface area contributed by atoms with Crippen molar-refractivity contribution in [1.29, 1.82) is 0 Å². The van der Waals surface area contributed by atoms with Gasteiger partial charge in [0.25, 0.3) is 0 Å². The summed E-state index contributed by atoms with van der Waals surface area (Å²) in [5.74, 6) is 1.33. The zero-order valence-electron chi connectivity index (χ0n) is 10.3. The predicted molar refractivity (Wildman–Crippen MR) is 67.8 cm³/mol. The number of nitrogens with zero attached hydrogens (tertiary/aromatic N) is 1. The number of hydrogen-bond donors (Lipinski definition) is 2. The van der Waals surface area contributed by atoms with Crippen molar-refractivity contribution >= 4 is 11.5 Å². The van der Waals surface area contributed by atoms with Crippen LogP contribution in [-0.4, -0.2) is 17.6 Å². The van der Waals surface area contributed by atoms with E-state index in [-0.39, 0.29) is 0 Å². The zero-order chi connectivity index (χ0) is 12.0. The molecule has 0 bridgehead atoms. The highest BCUT2D eigenvalue weighted by atomic mass is 16.5. The minimum atomic E-state index is 0.413. The van der Waals surface area contributed by atoms with Crippen LogP contribution in [-0.2, 0) is 0 Å². The van der Waals surface area contributed by atoms with Gasteiger partial charge in [0.2, 0.25) is 5.88 Å². The molecule has 0 saturated carbocycles. The van der Waals surface area contributed by atoms with E-state index >= 15 is 0 Å². The lowest BCUT2D eigenvalue weighted by atomic mass is 10.2. The highest BCUT2D eigenvalue weighted by Crippen LogP contribution is 2.21. The van der Waals surface area contributed by atoms with E-state index < -0.39 is 0 Å². The zero-order valence-corrected chi connectivity index (χ0v) is 10.3. The van der Waals surface area contributed by atoms with Crippen LogP contribution in [0.5, 0.6) is 5.88 Å². The average Bonchev–Trinajstić information content (AvgIpc) is 2.24. The maximum atomic E-state index is 5.75. The van der Waals surface area contributed by atoms with Gasteiger partial charge in [-0.3, -0.25) is 0 Å². The Kier molecular flexibility index (Phi) is 4.89. The van der Waals surface area contributed by atoms with Crippen LogP contribution < -0.4 is 15.8 Å². The lowest BCUT2D eigenvalue weighted by Crippen LogP contribution is -2.15. The van der Waals surface area contributed by atoms with Gasteiger partial charge in [-0.25, -0.2) is 0 Å². The van der Waals surface area contributed by atoms with Crippen molar-refractivity contribution in [1.82, 2.24) is 4.98 Å². The fourth-order valence-electron chi connectivity index (χ4n) is 1.54. The third-order valence-electron chi connectivity index (χ3n) is 2.29. The van der Waals surface area contributed by atoms with Crippen LogP contribution in [0.2, 0.25) is 0 Å². The average molecular weight is 223 g/mol. The minimum absolute atomic E-state index is 0.413. The molecular formula is C12H21N3O. The van der Waals surface area contributed by atoms with Gasteiger partial charge in [-0.15, -0.1) is 0 Å². The maximum absolute atomic E-state index is 5.75. The predicted octanol–water partition coefficient (Wildman–Crippen LogP) is 2.66. The standard InChI is InChI=1S/C12H21N3O/c1-4-6-9(3)14-11-8-7-10(13)12(15-11)16-5-2/h7-9H,4-6,13H2,1-3H3,(H,14,15). The summed E-state index contributed by atoms with van der Waals surface area (Å²) in [7, 11) is 0. The first-order chi connectivity index (χ1) is 7.67. The molecule has 0 aliphatic rings. The molecule has 3 N–H and O–H groups in total. The molecule has 4 heteroatoms. The molecule has 0 aliphatic heterocycles. The summed E-state index contributed by atoms with van der Waals surface area (Å²) < 4.78 is 5.34. The largest absolute Gasteiger partial charge is 0.476 e. The summed E-state index contributed by atoms with van der Waals surface area (Å²) in [6.45, 7) is 6.80. The Morgan fingerprint density at radius 2 is 2.19 bits per heavy atom. The third-order valence-corrected chi connectivity index (χ3v) is 2.29. The quantitative estimate of drug-likeness (QED) is 0.778. The van der Waals surface area contributed by atoms with Crippen LogP contribution in [0.15, 0.2) is 12.1 Å². The fraction of sp³-hybridized carbons (Fsp3) is 0.583. The van der Waals surface area contributed by atoms with Gasteiger partial charge >= 0.3 is 0 Å². The molecule has 1 aromatic rings. The molecule has 1 heterocycles. The Morgan fingerprint density at radius 1 is 1.44 bits per heavy atom. The van der Waals surface area contributed by atoms with Crippen molar-refractivity contribution in [3.8, 4) is 5.88 Å². The second kappa shape index (κ2) is 6.20. The topological polar surface area (TPSA) is 60.2 Å². The van der Waals surface area contributed by atoms with Crippen molar-refractivity contribution < 1.29 is 4.74 Å². The van der Waals surface area contributed by atoms with Crippen LogP contribution in [0, 0.1) is 0 Å². The van der Waals surface area contributed by atoms with E-state index in [2.05, 4.69) is 24.1 Å². The van der Waals surface area contributed by atoms with Crippen molar-refractivity contribution in [2.45, 2.75) is 39.7 Å². The third kappa shape index (κ3) is 3.61. The molecule has 4 nitrogen and oxygen atoms in total. The van der Waals surface area contributed by atoms with Crippen LogP contribution >= 0.6 is 0 Å². The van der Waals surface area contributed by atoms with Gasteiger partial charge in [0.1, 0.15) is 5.82 Å². The Labute approximate surface area is 97.2 Å². The molecule has 1 rings (SSSR count). The van der Waals surface area contributed by atoms with Crippen LogP contribution in [0.4, 0.5) is 11.5 Å². The second-order valence-electron chi connectivity index (χ2n) is 3.86. The number of rotatable bonds is 6. The molecule has 0 aliphatic carbocycles. The molecule has 0 spiro atoms. The molecule has 0 saturated heterocycles. The molecule has 0 aromatic carbocycles. The van der Waals surface area contributed by atoms with E-state index in [0.717, 1.165) is 18.7 Å². The molecule has 0 amide bonds. The normalized spacial score (nSPS) is 12.2. The monoisotopic (exact) mass is 223 g/mol. The van der Waals surface area contributed by atoms with Gasteiger partial charge in [0, 0.05) is 6.04 Å².